The van der Waals surface area contributed by atoms with Gasteiger partial charge in [0.1, 0.15) is 19.0 Å². The van der Waals surface area contributed by atoms with Crippen LogP contribution in [0.25, 0.3) is 10.9 Å². The van der Waals surface area contributed by atoms with Crippen LogP contribution >= 0.6 is 0 Å². The number of ether oxygens (including phenoxy) is 6. The second-order valence-corrected chi connectivity index (χ2v) is 6.92. The Labute approximate surface area is 189 Å². The van der Waals surface area contributed by atoms with E-state index in [9.17, 15) is 9.59 Å². The molecule has 172 valence electrons. The lowest BCUT2D eigenvalue weighted by atomic mass is 10.1. The van der Waals surface area contributed by atoms with Crippen molar-refractivity contribution in [3.05, 3.63) is 42.1 Å². The Morgan fingerprint density at radius 2 is 1.67 bits per heavy atom. The summed E-state index contributed by atoms with van der Waals surface area (Å²) in [6.07, 6.45) is 0. The van der Waals surface area contributed by atoms with Crippen LogP contribution in [0.4, 0.5) is 5.69 Å². The summed E-state index contributed by atoms with van der Waals surface area (Å²) in [6, 6.07) is 9.81. The molecule has 1 N–H and O–H groups in total. The van der Waals surface area contributed by atoms with E-state index in [0.29, 0.717) is 52.8 Å². The molecule has 0 spiro atoms. The summed E-state index contributed by atoms with van der Waals surface area (Å²) in [7, 11) is 4.25. The van der Waals surface area contributed by atoms with Crippen LogP contribution in [0.2, 0.25) is 0 Å². The first kappa shape index (κ1) is 22.0. The first-order chi connectivity index (χ1) is 16.0. The summed E-state index contributed by atoms with van der Waals surface area (Å²) in [6.45, 7) is 0.610. The molecule has 0 unspecified atom stereocenters. The highest BCUT2D eigenvalue weighted by Crippen LogP contribution is 2.36. The van der Waals surface area contributed by atoms with E-state index in [1.165, 1.54) is 27.4 Å². The van der Waals surface area contributed by atoms with E-state index >= 15 is 0 Å². The lowest BCUT2D eigenvalue weighted by Crippen LogP contribution is -2.21. The Morgan fingerprint density at radius 1 is 0.939 bits per heavy atom. The van der Waals surface area contributed by atoms with Gasteiger partial charge in [0, 0.05) is 29.3 Å². The van der Waals surface area contributed by atoms with Gasteiger partial charge in [-0.25, -0.2) is 9.78 Å². The number of hydrogen-bond donors (Lipinski definition) is 1. The smallest absolute Gasteiger partial charge is 0.356 e. The van der Waals surface area contributed by atoms with Gasteiger partial charge in [0.05, 0.1) is 26.8 Å². The highest BCUT2D eigenvalue weighted by atomic mass is 16.6. The maximum Gasteiger partial charge on any atom is 0.356 e. The lowest BCUT2D eigenvalue weighted by Gasteiger charge is -2.19. The minimum Gasteiger partial charge on any atom is -0.493 e. The number of anilines is 1. The maximum absolute atomic E-state index is 12.5. The van der Waals surface area contributed by atoms with Gasteiger partial charge in [0.2, 0.25) is 0 Å². The number of aromatic nitrogens is 1. The van der Waals surface area contributed by atoms with E-state index in [1.807, 2.05) is 0 Å². The summed E-state index contributed by atoms with van der Waals surface area (Å²) >= 11 is 0. The van der Waals surface area contributed by atoms with Crippen LogP contribution in [0.3, 0.4) is 0 Å². The largest absolute Gasteiger partial charge is 0.493 e. The van der Waals surface area contributed by atoms with E-state index in [1.54, 1.807) is 30.3 Å². The summed E-state index contributed by atoms with van der Waals surface area (Å²) in [5, 5.41) is 3.28. The SMILES string of the molecule is COC(=O)c1cc(OCC(=O)Nc2ccc3c(c2)OCCO3)c2cc(OC)c(OC)cc2n1. The van der Waals surface area contributed by atoms with Gasteiger partial charge >= 0.3 is 5.97 Å². The van der Waals surface area contributed by atoms with Crippen LogP contribution < -0.4 is 29.0 Å². The van der Waals surface area contributed by atoms with Crippen molar-refractivity contribution in [3.63, 3.8) is 0 Å². The number of fused-ring (bicyclic) bond motifs is 2. The van der Waals surface area contributed by atoms with E-state index in [0.717, 1.165) is 0 Å². The minimum atomic E-state index is -0.641. The Morgan fingerprint density at radius 3 is 2.39 bits per heavy atom. The minimum absolute atomic E-state index is 0.0273. The fraction of sp³-hybridized carbons (Fsp3) is 0.261. The van der Waals surface area contributed by atoms with Crippen molar-refractivity contribution in [2.75, 3.05) is 46.5 Å². The van der Waals surface area contributed by atoms with Crippen molar-refractivity contribution >= 4 is 28.5 Å². The number of pyridine rings is 1. The van der Waals surface area contributed by atoms with E-state index in [2.05, 4.69) is 10.3 Å². The molecule has 2 aromatic carbocycles. The zero-order chi connectivity index (χ0) is 23.4. The Kier molecular flexibility index (Phi) is 6.34. The molecule has 33 heavy (non-hydrogen) atoms. The fourth-order valence-corrected chi connectivity index (χ4v) is 3.31. The van der Waals surface area contributed by atoms with Gasteiger partial charge in [-0.3, -0.25) is 4.79 Å². The number of amides is 1. The quantitative estimate of drug-likeness (QED) is 0.538. The zero-order valence-electron chi connectivity index (χ0n) is 18.3. The number of nitrogens with one attached hydrogen (secondary N) is 1. The predicted molar refractivity (Wildman–Crippen MR) is 118 cm³/mol. The highest BCUT2D eigenvalue weighted by molar-refractivity contribution is 5.96. The standard InChI is InChI=1S/C23H22N2O8/c1-28-19-9-14-15(10-20(19)29-2)25-16(23(27)30-3)11-18(14)33-12-22(26)24-13-4-5-17-21(8-13)32-7-6-31-17/h4-5,8-11H,6-7,12H2,1-3H3,(H,24,26). The molecular formula is C23H22N2O8. The maximum atomic E-state index is 12.5. The first-order valence-electron chi connectivity index (χ1n) is 9.99. The van der Waals surface area contributed by atoms with Gasteiger partial charge in [0.15, 0.2) is 35.3 Å². The molecule has 0 atom stereocenters. The van der Waals surface area contributed by atoms with Crippen molar-refractivity contribution in [1.82, 2.24) is 4.98 Å². The second-order valence-electron chi connectivity index (χ2n) is 6.92. The molecule has 0 saturated heterocycles. The van der Waals surface area contributed by atoms with E-state index < -0.39 is 11.9 Å². The van der Waals surface area contributed by atoms with Crippen LogP contribution in [-0.4, -0.2) is 58.0 Å². The number of esters is 1. The molecule has 1 aromatic heterocycles. The number of benzene rings is 2. The average Bonchev–Trinajstić information content (AvgIpc) is 2.85. The molecular weight excluding hydrogens is 432 g/mol. The molecule has 1 amide bonds. The van der Waals surface area contributed by atoms with Crippen LogP contribution in [0.1, 0.15) is 10.5 Å². The number of methoxy groups -OCH3 is 3. The third kappa shape index (κ3) is 4.69. The molecule has 10 heteroatoms. The van der Waals surface area contributed by atoms with Crippen LogP contribution in [0.15, 0.2) is 36.4 Å². The molecule has 0 fully saturated rings. The molecule has 1 aliphatic rings. The Hall–Kier alpha value is -4.21. The van der Waals surface area contributed by atoms with Gasteiger partial charge < -0.3 is 33.7 Å². The van der Waals surface area contributed by atoms with Crippen molar-refractivity contribution < 1.29 is 38.0 Å². The van der Waals surface area contributed by atoms with Gasteiger partial charge in [-0.1, -0.05) is 0 Å². The number of rotatable bonds is 7. The number of carbonyl (C=O) groups excluding carboxylic acids is 2. The molecule has 4 rings (SSSR count). The van der Waals surface area contributed by atoms with Crippen LogP contribution in [0.5, 0.6) is 28.7 Å². The number of hydrogen-bond acceptors (Lipinski definition) is 9. The van der Waals surface area contributed by atoms with E-state index in [4.69, 9.17) is 28.4 Å². The molecule has 3 aromatic rings. The predicted octanol–water partition coefficient (Wildman–Crippen LogP) is 2.83. The summed E-state index contributed by atoms with van der Waals surface area (Å²) in [4.78, 5) is 28.9. The molecule has 2 heterocycles. The Balaban J connectivity index is 1.57. The van der Waals surface area contributed by atoms with Crippen molar-refractivity contribution in [2.24, 2.45) is 0 Å². The highest BCUT2D eigenvalue weighted by Gasteiger charge is 2.18. The van der Waals surface area contributed by atoms with Gasteiger partial charge in [0.25, 0.3) is 5.91 Å². The van der Waals surface area contributed by atoms with Crippen molar-refractivity contribution in [2.45, 2.75) is 0 Å². The average molecular weight is 454 g/mol. The monoisotopic (exact) mass is 454 g/mol. The zero-order valence-corrected chi connectivity index (χ0v) is 18.3. The van der Waals surface area contributed by atoms with Gasteiger partial charge in [-0.2, -0.15) is 0 Å². The van der Waals surface area contributed by atoms with Gasteiger partial charge in [-0.15, -0.1) is 0 Å². The lowest BCUT2D eigenvalue weighted by molar-refractivity contribution is -0.118. The molecule has 1 aliphatic heterocycles. The molecule has 0 radical (unpaired) electrons. The Bertz CT molecular complexity index is 1210. The summed E-state index contributed by atoms with van der Waals surface area (Å²) in [5.41, 5.74) is 0.978. The number of nitrogens with zero attached hydrogens (tertiary/aromatic N) is 1. The fourth-order valence-electron chi connectivity index (χ4n) is 3.31. The topological polar surface area (TPSA) is 114 Å². The molecule has 0 bridgehead atoms. The third-order valence-corrected chi connectivity index (χ3v) is 4.86. The molecule has 0 saturated carbocycles. The van der Waals surface area contributed by atoms with Crippen molar-refractivity contribution in [3.8, 4) is 28.7 Å². The third-order valence-electron chi connectivity index (χ3n) is 4.86. The molecule has 0 aliphatic carbocycles. The summed E-state index contributed by atoms with van der Waals surface area (Å²) in [5.74, 6) is 1.28. The van der Waals surface area contributed by atoms with Crippen LogP contribution in [-0.2, 0) is 9.53 Å². The second kappa shape index (κ2) is 9.51. The first-order valence-corrected chi connectivity index (χ1v) is 9.99. The number of carbonyl (C=O) groups is 2. The molecule has 10 nitrogen and oxygen atoms in total. The van der Waals surface area contributed by atoms with Crippen LogP contribution in [0, 0.1) is 0 Å². The van der Waals surface area contributed by atoms with Crippen molar-refractivity contribution in [1.29, 1.82) is 0 Å². The van der Waals surface area contributed by atoms with E-state index in [-0.39, 0.29) is 18.1 Å². The summed E-state index contributed by atoms with van der Waals surface area (Å²) < 4.78 is 32.2. The van der Waals surface area contributed by atoms with Gasteiger partial charge in [-0.05, 0) is 18.2 Å². The normalized spacial score (nSPS) is 12.1.